The van der Waals surface area contributed by atoms with E-state index in [1.54, 1.807) is 0 Å². The first-order chi connectivity index (χ1) is 11.3. The number of aryl methyl sites for hydroxylation is 1. The normalized spacial score (nSPS) is 17.0. The minimum absolute atomic E-state index is 0.824. The van der Waals surface area contributed by atoms with Crippen molar-refractivity contribution in [3.05, 3.63) is 18.0 Å². The fraction of sp³-hybridized carbons (Fsp3) is 0.850. The maximum Gasteiger partial charge on any atom is 0.0521 e. The van der Waals surface area contributed by atoms with Crippen molar-refractivity contribution in [2.75, 3.05) is 19.6 Å². The summed E-state index contributed by atoms with van der Waals surface area (Å²) in [7, 11) is 0. The Labute approximate surface area is 143 Å². The largest absolute Gasteiger partial charge is 0.303 e. The van der Waals surface area contributed by atoms with Crippen molar-refractivity contribution in [3.8, 4) is 0 Å². The second kappa shape index (κ2) is 10.9. The summed E-state index contributed by atoms with van der Waals surface area (Å²) in [6.45, 7) is 9.51. The van der Waals surface area contributed by atoms with E-state index in [9.17, 15) is 0 Å². The quantitative estimate of drug-likeness (QED) is 0.540. The van der Waals surface area contributed by atoms with Crippen molar-refractivity contribution < 1.29 is 0 Å². The van der Waals surface area contributed by atoms with Crippen LogP contribution in [0.25, 0.3) is 0 Å². The molecule has 0 aromatic carbocycles. The minimum Gasteiger partial charge on any atom is -0.303 e. The van der Waals surface area contributed by atoms with E-state index in [2.05, 4.69) is 34.7 Å². The smallest absolute Gasteiger partial charge is 0.0521 e. The van der Waals surface area contributed by atoms with E-state index in [1.807, 2.05) is 6.20 Å². The lowest BCUT2D eigenvalue weighted by molar-refractivity contribution is 0.168. The molecule has 0 N–H and O–H groups in total. The summed E-state index contributed by atoms with van der Waals surface area (Å²) in [5, 5.41) is 4.49. The highest BCUT2D eigenvalue weighted by molar-refractivity contribution is 5.02. The Morgan fingerprint density at radius 3 is 2.35 bits per heavy atom. The molecule has 0 aliphatic carbocycles. The minimum atomic E-state index is 0.824. The van der Waals surface area contributed by atoms with Gasteiger partial charge in [-0.25, -0.2) is 0 Å². The topological polar surface area (TPSA) is 21.1 Å². The Hall–Kier alpha value is -0.830. The van der Waals surface area contributed by atoms with Crippen molar-refractivity contribution >= 4 is 0 Å². The fourth-order valence-corrected chi connectivity index (χ4v) is 3.64. The number of rotatable bonds is 11. The first kappa shape index (κ1) is 18.5. The average molecular weight is 320 g/mol. The van der Waals surface area contributed by atoms with Crippen LogP contribution in [0.2, 0.25) is 0 Å². The van der Waals surface area contributed by atoms with Crippen molar-refractivity contribution in [1.82, 2.24) is 14.7 Å². The van der Waals surface area contributed by atoms with Crippen LogP contribution in [0.5, 0.6) is 0 Å². The third kappa shape index (κ3) is 7.07. The Bertz CT molecular complexity index is 405. The van der Waals surface area contributed by atoms with Crippen LogP contribution >= 0.6 is 0 Å². The number of aromatic nitrogens is 2. The summed E-state index contributed by atoms with van der Waals surface area (Å²) >= 11 is 0. The molecule has 0 bridgehead atoms. The third-order valence-corrected chi connectivity index (χ3v) is 5.33. The Morgan fingerprint density at radius 2 is 1.70 bits per heavy atom. The Kier molecular flexibility index (Phi) is 8.73. The molecule has 2 rings (SSSR count). The van der Waals surface area contributed by atoms with Crippen LogP contribution in [0.4, 0.5) is 0 Å². The summed E-state index contributed by atoms with van der Waals surface area (Å²) in [6.07, 6.45) is 18.0. The number of hydrogen-bond donors (Lipinski definition) is 0. The lowest BCUT2D eigenvalue weighted by Gasteiger charge is -2.31. The molecule has 0 radical (unpaired) electrons. The van der Waals surface area contributed by atoms with Gasteiger partial charge in [-0.2, -0.15) is 5.10 Å². The molecule has 1 saturated heterocycles. The van der Waals surface area contributed by atoms with Crippen molar-refractivity contribution in [3.63, 3.8) is 0 Å². The van der Waals surface area contributed by atoms with Gasteiger partial charge in [0.15, 0.2) is 0 Å². The second-order valence-corrected chi connectivity index (χ2v) is 7.33. The Balaban J connectivity index is 1.52. The van der Waals surface area contributed by atoms with Crippen LogP contribution in [0.15, 0.2) is 12.4 Å². The van der Waals surface area contributed by atoms with Gasteiger partial charge in [-0.3, -0.25) is 4.68 Å². The van der Waals surface area contributed by atoms with Gasteiger partial charge in [0.05, 0.1) is 6.20 Å². The molecule has 2 heterocycles. The number of unbranched alkanes of at least 4 members (excludes halogenated alkanes) is 6. The molecule has 1 aliphatic rings. The van der Waals surface area contributed by atoms with E-state index in [4.69, 9.17) is 0 Å². The standard InChI is InChI=1S/C20H37N3/c1-3-5-6-7-8-9-10-13-22-14-11-20(12-15-22)18-23-17-19(4-2)16-21-23/h16-17,20H,3-15,18H2,1-2H3. The highest BCUT2D eigenvalue weighted by Gasteiger charge is 2.19. The number of nitrogens with zero attached hydrogens (tertiary/aromatic N) is 3. The molecule has 0 atom stereocenters. The Morgan fingerprint density at radius 1 is 1.00 bits per heavy atom. The summed E-state index contributed by atoms with van der Waals surface area (Å²) in [6, 6.07) is 0. The highest BCUT2D eigenvalue weighted by Crippen LogP contribution is 2.20. The molecule has 0 amide bonds. The van der Waals surface area contributed by atoms with Gasteiger partial charge in [0.25, 0.3) is 0 Å². The van der Waals surface area contributed by atoms with Gasteiger partial charge >= 0.3 is 0 Å². The molecule has 3 heteroatoms. The molecule has 3 nitrogen and oxygen atoms in total. The van der Waals surface area contributed by atoms with Gasteiger partial charge in [0, 0.05) is 12.7 Å². The fourth-order valence-electron chi connectivity index (χ4n) is 3.64. The van der Waals surface area contributed by atoms with E-state index >= 15 is 0 Å². The maximum absolute atomic E-state index is 4.49. The molecular formula is C20H37N3. The van der Waals surface area contributed by atoms with Gasteiger partial charge in [-0.15, -0.1) is 0 Å². The van der Waals surface area contributed by atoms with Crippen LogP contribution in [-0.2, 0) is 13.0 Å². The van der Waals surface area contributed by atoms with Crippen LogP contribution in [-0.4, -0.2) is 34.3 Å². The summed E-state index contributed by atoms with van der Waals surface area (Å²) in [5.74, 6) is 0.824. The van der Waals surface area contributed by atoms with Crippen LogP contribution < -0.4 is 0 Å². The molecular weight excluding hydrogens is 282 g/mol. The monoisotopic (exact) mass is 319 g/mol. The van der Waals surface area contributed by atoms with Gasteiger partial charge in [-0.05, 0) is 56.8 Å². The molecule has 1 aliphatic heterocycles. The molecule has 0 spiro atoms. The van der Waals surface area contributed by atoms with Crippen molar-refractivity contribution in [1.29, 1.82) is 0 Å². The van der Waals surface area contributed by atoms with E-state index in [1.165, 1.54) is 83.0 Å². The summed E-state index contributed by atoms with van der Waals surface area (Å²) in [4.78, 5) is 2.68. The zero-order chi connectivity index (χ0) is 16.3. The van der Waals surface area contributed by atoms with Gasteiger partial charge in [0.1, 0.15) is 0 Å². The van der Waals surface area contributed by atoms with E-state index in [-0.39, 0.29) is 0 Å². The molecule has 1 fully saturated rings. The maximum atomic E-state index is 4.49. The highest BCUT2D eigenvalue weighted by atomic mass is 15.3. The zero-order valence-electron chi connectivity index (χ0n) is 15.5. The van der Waals surface area contributed by atoms with E-state index in [0.29, 0.717) is 0 Å². The SMILES string of the molecule is CCCCCCCCCN1CCC(Cn2cc(CC)cn2)CC1. The van der Waals surface area contributed by atoms with Crippen molar-refractivity contribution in [2.24, 2.45) is 5.92 Å². The van der Waals surface area contributed by atoms with Crippen LogP contribution in [0.1, 0.15) is 77.2 Å². The van der Waals surface area contributed by atoms with Crippen LogP contribution in [0, 0.1) is 5.92 Å². The second-order valence-electron chi connectivity index (χ2n) is 7.33. The summed E-state index contributed by atoms with van der Waals surface area (Å²) in [5.41, 5.74) is 1.36. The number of piperidine rings is 1. The molecule has 1 aromatic rings. The van der Waals surface area contributed by atoms with E-state index in [0.717, 1.165) is 18.9 Å². The first-order valence-corrected chi connectivity index (χ1v) is 10.1. The lowest BCUT2D eigenvalue weighted by Crippen LogP contribution is -2.35. The van der Waals surface area contributed by atoms with Gasteiger partial charge in [0.2, 0.25) is 0 Å². The predicted molar refractivity (Wildman–Crippen MR) is 98.8 cm³/mol. The van der Waals surface area contributed by atoms with Crippen molar-refractivity contribution in [2.45, 2.75) is 84.6 Å². The predicted octanol–water partition coefficient (Wildman–Crippen LogP) is 4.91. The van der Waals surface area contributed by atoms with E-state index < -0.39 is 0 Å². The zero-order valence-corrected chi connectivity index (χ0v) is 15.5. The van der Waals surface area contributed by atoms with Gasteiger partial charge < -0.3 is 4.90 Å². The average Bonchev–Trinajstić information content (AvgIpc) is 3.03. The van der Waals surface area contributed by atoms with Gasteiger partial charge in [-0.1, -0.05) is 52.4 Å². The lowest BCUT2D eigenvalue weighted by atomic mass is 9.96. The number of likely N-dealkylation sites (tertiary alicyclic amines) is 1. The molecule has 0 unspecified atom stereocenters. The molecule has 1 aromatic heterocycles. The number of hydrogen-bond acceptors (Lipinski definition) is 2. The summed E-state index contributed by atoms with van der Waals surface area (Å²) < 4.78 is 2.16. The first-order valence-electron chi connectivity index (χ1n) is 10.1. The molecule has 23 heavy (non-hydrogen) atoms. The van der Waals surface area contributed by atoms with Crippen LogP contribution in [0.3, 0.4) is 0 Å². The molecule has 132 valence electrons. The molecule has 0 saturated carbocycles. The third-order valence-electron chi connectivity index (χ3n) is 5.33.